The molecule has 0 aliphatic carbocycles. The summed E-state index contributed by atoms with van der Waals surface area (Å²) in [6, 6.07) is 27.6. The van der Waals surface area contributed by atoms with Crippen molar-refractivity contribution in [3.8, 4) is 0 Å². The summed E-state index contributed by atoms with van der Waals surface area (Å²) in [5.74, 6) is -4.75. The molecule has 10 heteroatoms. The Morgan fingerprint density at radius 2 is 1.52 bits per heavy atom. The van der Waals surface area contributed by atoms with E-state index in [1.165, 1.54) is 6.07 Å². The Morgan fingerprint density at radius 3 is 2.10 bits per heavy atom. The van der Waals surface area contributed by atoms with Crippen molar-refractivity contribution in [2.75, 3.05) is 13.2 Å². The van der Waals surface area contributed by atoms with Crippen molar-refractivity contribution in [2.45, 2.75) is 75.2 Å². The summed E-state index contributed by atoms with van der Waals surface area (Å²) in [7, 11) is -3.25. The number of aromatic amines is 1. The fourth-order valence-corrected chi connectivity index (χ4v) is 12.9. The third-order valence-electron chi connectivity index (χ3n) is 10.5. The van der Waals surface area contributed by atoms with Crippen LogP contribution in [0.15, 0.2) is 97.1 Å². The molecule has 262 valence electrons. The molecule has 5 N–H and O–H groups in total. The Kier molecular flexibility index (Phi) is 8.84. The number of alkyl halides is 2. The van der Waals surface area contributed by atoms with Crippen LogP contribution in [0.3, 0.4) is 0 Å². The SMILES string of the molecule is CC(C)(C)[Si](OCC(F)(F)C[C@@]1(C)Cc2c([nH]c3ccccc23)[C@@H](c2c(F)cc(F)cc2C2NCC2N)N1)(c1ccccc1)c1ccccc1. The van der Waals surface area contributed by atoms with E-state index in [4.69, 9.17) is 10.2 Å². The molecule has 3 heterocycles. The van der Waals surface area contributed by atoms with Crippen LogP contribution in [0.4, 0.5) is 17.6 Å². The summed E-state index contributed by atoms with van der Waals surface area (Å²) in [6.45, 7) is 7.65. The number of nitrogens with one attached hydrogen (secondary N) is 3. The zero-order valence-electron chi connectivity index (χ0n) is 28.8. The molecule has 4 aromatic carbocycles. The molecule has 2 aliphatic rings. The predicted octanol–water partition coefficient (Wildman–Crippen LogP) is 7.01. The molecule has 50 heavy (non-hydrogen) atoms. The maximum Gasteiger partial charge on any atom is 0.271 e. The van der Waals surface area contributed by atoms with E-state index in [-0.39, 0.29) is 18.0 Å². The number of nitrogens with two attached hydrogens (primary N) is 1. The third kappa shape index (κ3) is 6.11. The summed E-state index contributed by atoms with van der Waals surface area (Å²) < 4.78 is 70.9. The largest absolute Gasteiger partial charge is 0.401 e. The summed E-state index contributed by atoms with van der Waals surface area (Å²) in [5, 5.41) is 8.88. The summed E-state index contributed by atoms with van der Waals surface area (Å²) >= 11 is 0. The van der Waals surface area contributed by atoms with E-state index in [9.17, 15) is 4.39 Å². The van der Waals surface area contributed by atoms with Gasteiger partial charge in [-0.3, -0.25) is 5.32 Å². The molecule has 1 fully saturated rings. The molecule has 1 saturated heterocycles. The first-order valence-corrected chi connectivity index (χ1v) is 19.1. The van der Waals surface area contributed by atoms with E-state index in [1.54, 1.807) is 6.92 Å². The lowest BCUT2D eigenvalue weighted by Gasteiger charge is -2.45. The van der Waals surface area contributed by atoms with E-state index in [0.717, 1.165) is 32.9 Å². The van der Waals surface area contributed by atoms with Crippen molar-refractivity contribution in [1.82, 2.24) is 15.6 Å². The van der Waals surface area contributed by atoms with Crippen molar-refractivity contribution in [2.24, 2.45) is 5.73 Å². The molecule has 0 bridgehead atoms. The molecule has 0 amide bonds. The first-order chi connectivity index (χ1) is 23.7. The van der Waals surface area contributed by atoms with Crippen LogP contribution in [0.25, 0.3) is 10.9 Å². The second-order valence-corrected chi connectivity index (χ2v) is 19.6. The van der Waals surface area contributed by atoms with Gasteiger partial charge in [0.2, 0.25) is 0 Å². The van der Waals surface area contributed by atoms with E-state index >= 15 is 13.2 Å². The van der Waals surface area contributed by atoms with Crippen molar-refractivity contribution < 1.29 is 22.0 Å². The molecular weight excluding hydrogens is 657 g/mol. The second-order valence-electron chi connectivity index (χ2n) is 15.3. The first kappa shape index (κ1) is 34.6. The molecule has 0 saturated carbocycles. The van der Waals surface area contributed by atoms with E-state index in [1.807, 2.05) is 84.9 Å². The minimum atomic E-state index is -3.27. The molecule has 5 nitrogen and oxygen atoms in total. The predicted molar refractivity (Wildman–Crippen MR) is 194 cm³/mol. The standard InChI is InChI=1S/C40H44F4N4OSi/c1-38(2,3)50(26-13-7-5-8-14-26,27-15-9-6-10-16-27)49-24-40(43,44)23-39(4)21-30-28-17-11-12-18-33(28)47-36(30)37(48-39)34-29(35-32(45)22-46-35)19-25(41)20-31(34)42/h5-20,32,35,37,46-48H,21-24,45H2,1-4H3/t32?,35?,37-,39-/m1/s1. The Balaban J connectivity index is 1.27. The van der Waals surface area contributed by atoms with Crippen LogP contribution in [-0.2, 0) is 10.8 Å². The number of benzene rings is 4. The van der Waals surface area contributed by atoms with Gasteiger partial charge >= 0.3 is 0 Å². The topological polar surface area (TPSA) is 75.1 Å². The molecule has 0 radical (unpaired) electrons. The summed E-state index contributed by atoms with van der Waals surface area (Å²) in [5.41, 5.74) is 7.99. The molecule has 7 rings (SSSR count). The van der Waals surface area contributed by atoms with Crippen LogP contribution in [0, 0.1) is 11.6 Å². The number of para-hydroxylation sites is 1. The van der Waals surface area contributed by atoms with Gasteiger partial charge in [0.15, 0.2) is 0 Å². The lowest BCUT2D eigenvalue weighted by atomic mass is 9.77. The van der Waals surface area contributed by atoms with Crippen LogP contribution >= 0.6 is 0 Å². The highest BCUT2D eigenvalue weighted by Crippen LogP contribution is 2.45. The summed E-state index contributed by atoms with van der Waals surface area (Å²) in [4.78, 5) is 3.44. The third-order valence-corrected chi connectivity index (χ3v) is 15.5. The second kappa shape index (κ2) is 12.8. The van der Waals surface area contributed by atoms with Gasteiger partial charge in [-0.05, 0) is 52.0 Å². The molecule has 5 aromatic rings. The van der Waals surface area contributed by atoms with Crippen LogP contribution < -0.4 is 26.7 Å². The quantitative estimate of drug-likeness (QED) is 0.0987. The van der Waals surface area contributed by atoms with Crippen LogP contribution in [-0.4, -0.2) is 44.0 Å². The summed E-state index contributed by atoms with van der Waals surface area (Å²) in [6.07, 6.45) is -0.315. The minimum Gasteiger partial charge on any atom is -0.401 e. The first-order valence-electron chi connectivity index (χ1n) is 17.2. The molecule has 2 unspecified atom stereocenters. The lowest BCUT2D eigenvalue weighted by molar-refractivity contribution is -0.0705. The van der Waals surface area contributed by atoms with Gasteiger partial charge < -0.3 is 20.5 Å². The minimum absolute atomic E-state index is 0.199. The number of H-pyrrole nitrogens is 1. The number of hydrogen-bond donors (Lipinski definition) is 4. The highest BCUT2D eigenvalue weighted by atomic mass is 28.4. The highest BCUT2D eigenvalue weighted by Gasteiger charge is 2.53. The average molecular weight is 701 g/mol. The molecule has 2 aliphatic heterocycles. The van der Waals surface area contributed by atoms with Gasteiger partial charge in [0.05, 0.1) is 12.6 Å². The number of halogens is 4. The van der Waals surface area contributed by atoms with Gasteiger partial charge in [-0.2, -0.15) is 0 Å². The Labute approximate surface area is 291 Å². The molecule has 4 atom stereocenters. The van der Waals surface area contributed by atoms with Crippen molar-refractivity contribution in [3.63, 3.8) is 0 Å². The highest BCUT2D eigenvalue weighted by molar-refractivity contribution is 6.99. The van der Waals surface area contributed by atoms with Crippen LogP contribution in [0.2, 0.25) is 5.04 Å². The number of fused-ring (bicyclic) bond motifs is 3. The van der Waals surface area contributed by atoms with Gasteiger partial charge in [-0.1, -0.05) is 99.6 Å². The van der Waals surface area contributed by atoms with E-state index in [0.29, 0.717) is 17.8 Å². The zero-order valence-corrected chi connectivity index (χ0v) is 29.8. The van der Waals surface area contributed by atoms with Gasteiger partial charge in [0.25, 0.3) is 14.2 Å². The average Bonchev–Trinajstić information content (AvgIpc) is 3.42. The Morgan fingerprint density at radius 1 is 0.900 bits per heavy atom. The van der Waals surface area contributed by atoms with Gasteiger partial charge in [0, 0.05) is 58.8 Å². The van der Waals surface area contributed by atoms with Crippen LogP contribution in [0.5, 0.6) is 0 Å². The zero-order chi connectivity index (χ0) is 35.5. The number of hydrogen-bond acceptors (Lipinski definition) is 4. The maximum atomic E-state index is 16.7. The van der Waals surface area contributed by atoms with Crippen molar-refractivity contribution in [3.05, 3.63) is 131 Å². The van der Waals surface area contributed by atoms with Crippen LogP contribution in [0.1, 0.15) is 68.6 Å². The lowest BCUT2D eigenvalue weighted by Crippen LogP contribution is -2.67. The van der Waals surface area contributed by atoms with Gasteiger partial charge in [0.1, 0.15) is 11.6 Å². The van der Waals surface area contributed by atoms with Gasteiger partial charge in [-0.25, -0.2) is 17.6 Å². The maximum absolute atomic E-state index is 16.7. The smallest absolute Gasteiger partial charge is 0.271 e. The Bertz CT molecular complexity index is 1960. The van der Waals surface area contributed by atoms with Crippen molar-refractivity contribution >= 4 is 29.6 Å². The van der Waals surface area contributed by atoms with Gasteiger partial charge in [-0.15, -0.1) is 0 Å². The molecule has 1 aromatic heterocycles. The van der Waals surface area contributed by atoms with Crippen molar-refractivity contribution in [1.29, 1.82) is 0 Å². The number of aromatic nitrogens is 1. The fraction of sp³-hybridized carbons (Fsp3) is 0.350. The van der Waals surface area contributed by atoms with E-state index in [2.05, 4.69) is 36.4 Å². The normalized spacial score (nSPS) is 22.7. The Hall–Kier alpha value is -3.80. The number of rotatable bonds is 9. The van der Waals surface area contributed by atoms with E-state index < -0.39 is 61.6 Å². The molecule has 0 spiro atoms. The fourth-order valence-electron chi connectivity index (χ4n) is 8.33. The monoisotopic (exact) mass is 700 g/mol. The molecular formula is C40H44F4N4OSi.